The van der Waals surface area contributed by atoms with Crippen LogP contribution in [0.2, 0.25) is 0 Å². The number of carboxylic acid groups (broad SMARTS) is 1. The molecule has 4 heteroatoms. The standard InChI is InChI=1S/C11H12BrNO2/c1-8(13-7-6-11(14)15)9-4-2-3-5-10(9)12/h2-8,13H,1H3,(H,14,15)/b7-6+/t8-/m0/s1. The lowest BCUT2D eigenvalue weighted by Gasteiger charge is -2.13. The molecule has 0 saturated carbocycles. The molecule has 2 N–H and O–H groups in total. The van der Waals surface area contributed by atoms with E-state index in [0.29, 0.717) is 0 Å². The maximum atomic E-state index is 10.2. The Bertz CT molecular complexity index is 377. The zero-order valence-electron chi connectivity index (χ0n) is 8.27. The van der Waals surface area contributed by atoms with Gasteiger partial charge in [0.1, 0.15) is 0 Å². The monoisotopic (exact) mass is 269 g/mol. The largest absolute Gasteiger partial charge is 0.478 e. The summed E-state index contributed by atoms with van der Waals surface area (Å²) in [7, 11) is 0. The zero-order valence-corrected chi connectivity index (χ0v) is 9.86. The molecule has 0 spiro atoms. The number of halogens is 1. The van der Waals surface area contributed by atoms with Gasteiger partial charge in [0, 0.05) is 22.8 Å². The molecule has 15 heavy (non-hydrogen) atoms. The molecule has 0 aliphatic rings. The van der Waals surface area contributed by atoms with Crippen LogP contribution in [0.25, 0.3) is 0 Å². The van der Waals surface area contributed by atoms with Crippen molar-refractivity contribution in [2.75, 3.05) is 0 Å². The van der Waals surface area contributed by atoms with Crippen LogP contribution in [0.4, 0.5) is 0 Å². The number of nitrogens with one attached hydrogen (secondary N) is 1. The molecule has 0 aliphatic heterocycles. The summed E-state index contributed by atoms with van der Waals surface area (Å²) < 4.78 is 1.01. The quantitative estimate of drug-likeness (QED) is 0.827. The molecule has 3 nitrogen and oxygen atoms in total. The van der Waals surface area contributed by atoms with Crippen molar-refractivity contribution in [3.8, 4) is 0 Å². The van der Waals surface area contributed by atoms with Crippen LogP contribution in [0, 0.1) is 0 Å². The molecule has 1 atom stereocenters. The van der Waals surface area contributed by atoms with Gasteiger partial charge in [0.25, 0.3) is 0 Å². The first-order valence-electron chi connectivity index (χ1n) is 4.51. The van der Waals surface area contributed by atoms with Crippen molar-refractivity contribution in [3.63, 3.8) is 0 Å². The van der Waals surface area contributed by atoms with Gasteiger partial charge in [-0.25, -0.2) is 4.79 Å². The van der Waals surface area contributed by atoms with Gasteiger partial charge in [0.15, 0.2) is 0 Å². The Morgan fingerprint density at radius 1 is 1.53 bits per heavy atom. The van der Waals surface area contributed by atoms with E-state index in [1.807, 2.05) is 31.2 Å². The SMILES string of the molecule is C[C@H](N/C=C/C(=O)O)c1ccccc1Br. The summed E-state index contributed by atoms with van der Waals surface area (Å²) in [6, 6.07) is 7.88. The van der Waals surface area contributed by atoms with Crippen LogP contribution in [-0.4, -0.2) is 11.1 Å². The third-order valence-electron chi connectivity index (χ3n) is 1.94. The fourth-order valence-electron chi connectivity index (χ4n) is 1.18. The smallest absolute Gasteiger partial charge is 0.329 e. The van der Waals surface area contributed by atoms with Gasteiger partial charge in [-0.15, -0.1) is 0 Å². The Morgan fingerprint density at radius 2 is 2.20 bits per heavy atom. The molecule has 0 aromatic heterocycles. The summed E-state index contributed by atoms with van der Waals surface area (Å²) in [5.74, 6) is -0.957. The molecule has 0 radical (unpaired) electrons. The maximum absolute atomic E-state index is 10.2. The molecular formula is C11H12BrNO2. The van der Waals surface area contributed by atoms with Gasteiger partial charge in [-0.1, -0.05) is 34.1 Å². The second-order valence-corrected chi connectivity index (χ2v) is 3.94. The molecular weight excluding hydrogens is 258 g/mol. The van der Waals surface area contributed by atoms with E-state index in [4.69, 9.17) is 5.11 Å². The van der Waals surface area contributed by atoms with Crippen LogP contribution >= 0.6 is 15.9 Å². The Balaban J connectivity index is 2.65. The second-order valence-electron chi connectivity index (χ2n) is 3.08. The predicted molar refractivity (Wildman–Crippen MR) is 62.5 cm³/mol. The summed E-state index contributed by atoms with van der Waals surface area (Å²) in [6.45, 7) is 1.96. The first kappa shape index (κ1) is 11.8. The summed E-state index contributed by atoms with van der Waals surface area (Å²) in [4.78, 5) is 10.2. The van der Waals surface area contributed by atoms with Gasteiger partial charge < -0.3 is 10.4 Å². The average molecular weight is 270 g/mol. The predicted octanol–water partition coefficient (Wildman–Crippen LogP) is 2.70. The minimum Gasteiger partial charge on any atom is -0.478 e. The topological polar surface area (TPSA) is 49.3 Å². The van der Waals surface area contributed by atoms with Crippen molar-refractivity contribution in [1.29, 1.82) is 0 Å². The highest BCUT2D eigenvalue weighted by Crippen LogP contribution is 2.22. The van der Waals surface area contributed by atoms with E-state index >= 15 is 0 Å². The molecule has 1 aromatic carbocycles. The molecule has 0 bridgehead atoms. The van der Waals surface area contributed by atoms with Gasteiger partial charge in [-0.3, -0.25) is 0 Å². The highest BCUT2D eigenvalue weighted by atomic mass is 79.9. The van der Waals surface area contributed by atoms with Crippen molar-refractivity contribution in [1.82, 2.24) is 5.32 Å². The van der Waals surface area contributed by atoms with Crippen LogP contribution in [0.1, 0.15) is 18.5 Å². The van der Waals surface area contributed by atoms with E-state index in [1.54, 1.807) is 0 Å². The van der Waals surface area contributed by atoms with Gasteiger partial charge in [-0.2, -0.15) is 0 Å². The molecule has 0 aliphatic carbocycles. The van der Waals surface area contributed by atoms with Crippen molar-refractivity contribution in [2.45, 2.75) is 13.0 Å². The van der Waals surface area contributed by atoms with E-state index in [1.165, 1.54) is 6.20 Å². The minimum atomic E-state index is -0.957. The van der Waals surface area contributed by atoms with Crippen LogP contribution in [0.3, 0.4) is 0 Å². The second kappa shape index (κ2) is 5.56. The number of rotatable bonds is 4. The average Bonchev–Trinajstić information content (AvgIpc) is 2.17. The van der Waals surface area contributed by atoms with Gasteiger partial charge in [0.2, 0.25) is 0 Å². The first-order valence-corrected chi connectivity index (χ1v) is 5.30. The van der Waals surface area contributed by atoms with Gasteiger partial charge >= 0.3 is 5.97 Å². The fourth-order valence-corrected chi connectivity index (χ4v) is 1.81. The Hall–Kier alpha value is -1.29. The Kier molecular flexibility index (Phi) is 4.37. The van der Waals surface area contributed by atoms with Gasteiger partial charge in [0.05, 0.1) is 0 Å². The normalized spacial score (nSPS) is 12.7. The third kappa shape index (κ3) is 3.75. The number of aliphatic carboxylic acids is 1. The number of benzene rings is 1. The molecule has 0 heterocycles. The summed E-state index contributed by atoms with van der Waals surface area (Å²) in [6.07, 6.45) is 2.51. The number of carbonyl (C=O) groups is 1. The highest BCUT2D eigenvalue weighted by Gasteiger charge is 2.05. The third-order valence-corrected chi connectivity index (χ3v) is 2.67. The summed E-state index contributed by atoms with van der Waals surface area (Å²) in [5.41, 5.74) is 1.09. The lowest BCUT2D eigenvalue weighted by atomic mass is 10.1. The van der Waals surface area contributed by atoms with E-state index < -0.39 is 5.97 Å². The van der Waals surface area contributed by atoms with Crippen LogP contribution in [0.15, 0.2) is 41.0 Å². The van der Waals surface area contributed by atoms with Crippen molar-refractivity contribution < 1.29 is 9.90 Å². The lowest BCUT2D eigenvalue weighted by molar-refractivity contribution is -0.131. The molecule has 0 fully saturated rings. The lowest BCUT2D eigenvalue weighted by Crippen LogP contribution is -2.12. The van der Waals surface area contributed by atoms with E-state index in [0.717, 1.165) is 16.1 Å². The molecule has 0 unspecified atom stereocenters. The molecule has 1 aromatic rings. The number of hydrogen-bond donors (Lipinski definition) is 2. The first-order chi connectivity index (χ1) is 7.11. The molecule has 1 rings (SSSR count). The summed E-state index contributed by atoms with van der Waals surface area (Å²) in [5, 5.41) is 11.4. The fraction of sp³-hybridized carbons (Fsp3) is 0.182. The van der Waals surface area contributed by atoms with E-state index in [-0.39, 0.29) is 6.04 Å². The van der Waals surface area contributed by atoms with Crippen molar-refractivity contribution >= 4 is 21.9 Å². The molecule has 0 amide bonds. The maximum Gasteiger partial charge on any atom is 0.329 e. The number of hydrogen-bond acceptors (Lipinski definition) is 2. The Morgan fingerprint density at radius 3 is 2.80 bits per heavy atom. The van der Waals surface area contributed by atoms with E-state index in [2.05, 4.69) is 21.2 Å². The van der Waals surface area contributed by atoms with Crippen LogP contribution in [0.5, 0.6) is 0 Å². The molecule has 80 valence electrons. The molecule has 0 saturated heterocycles. The van der Waals surface area contributed by atoms with Crippen LogP contribution < -0.4 is 5.32 Å². The van der Waals surface area contributed by atoms with E-state index in [9.17, 15) is 4.79 Å². The minimum absolute atomic E-state index is 0.0659. The Labute approximate surface area is 96.9 Å². The highest BCUT2D eigenvalue weighted by molar-refractivity contribution is 9.10. The summed E-state index contributed by atoms with van der Waals surface area (Å²) >= 11 is 3.44. The van der Waals surface area contributed by atoms with Crippen molar-refractivity contribution in [3.05, 3.63) is 46.6 Å². The van der Waals surface area contributed by atoms with Crippen molar-refractivity contribution in [2.24, 2.45) is 0 Å². The number of carboxylic acids is 1. The van der Waals surface area contributed by atoms with Crippen LogP contribution in [-0.2, 0) is 4.79 Å². The van der Waals surface area contributed by atoms with Gasteiger partial charge in [-0.05, 0) is 18.6 Å². The zero-order chi connectivity index (χ0) is 11.3.